The number of hydrogen-bond acceptors (Lipinski definition) is 7. The molecule has 0 aromatic heterocycles. The molecule has 0 unspecified atom stereocenters. The number of ether oxygens (including phenoxy) is 2. The maximum atomic E-state index is 13.1. The van der Waals surface area contributed by atoms with Crippen molar-refractivity contribution in [2.24, 2.45) is 62.1 Å². The maximum absolute atomic E-state index is 13.1. The van der Waals surface area contributed by atoms with Gasteiger partial charge in [0, 0.05) is 0 Å². The molecule has 7 rings (SSSR count). The van der Waals surface area contributed by atoms with Gasteiger partial charge in [-0.1, -0.05) is 60.1 Å². The van der Waals surface area contributed by atoms with Gasteiger partial charge in [0.05, 0.1) is 11.5 Å². The minimum absolute atomic E-state index is 0.0167. The average Bonchev–Trinajstić information content (AvgIpc) is 2.97. The normalized spacial score (nSPS) is 54.3. The first-order valence-corrected chi connectivity index (χ1v) is 18.3. The molecule has 5 saturated carbocycles. The number of allylic oxidation sites excluding steroid dienone is 2. The highest BCUT2D eigenvalue weighted by Gasteiger charge is 2.73. The van der Waals surface area contributed by atoms with E-state index in [2.05, 4.69) is 54.5 Å². The second-order valence-corrected chi connectivity index (χ2v) is 19.0. The zero-order valence-electron chi connectivity index (χ0n) is 29.4. The Morgan fingerprint density at radius 2 is 1.53 bits per heavy atom. The standard InChI is InChI=1S/C38H58O9/c1-33(2)12-14-38(32(44)45)15-13-35(5)21(22(38)18-33)16-19-8-9-20-17-24(46-31-27(41)25(39)26(40)28(47-31)30(42)43)34(3,4)23-10-11-36(35,6)29(19)37(20,23)7/h16,19-20,22-29,31,39-41H,8-15,17-18H2,1-7H3,(H,42,43)(H,44,45)/t19-,20-,22+,23+,24+,25+,26+,27-,28+,29+,31-,35-,36-,37+,38+/m1/s1. The minimum Gasteiger partial charge on any atom is -0.481 e. The van der Waals surface area contributed by atoms with Crippen LogP contribution in [0.15, 0.2) is 11.6 Å². The highest BCUT2D eigenvalue weighted by Crippen LogP contribution is 2.79. The largest absolute Gasteiger partial charge is 0.481 e. The number of rotatable bonds is 4. The summed E-state index contributed by atoms with van der Waals surface area (Å²) in [4.78, 5) is 24.9. The summed E-state index contributed by atoms with van der Waals surface area (Å²) in [6, 6.07) is 0. The summed E-state index contributed by atoms with van der Waals surface area (Å²) >= 11 is 0. The number of aliphatic carboxylic acids is 2. The Morgan fingerprint density at radius 3 is 2.19 bits per heavy atom. The molecule has 5 N–H and O–H groups in total. The van der Waals surface area contributed by atoms with Crippen LogP contribution < -0.4 is 0 Å². The number of carboxylic acids is 2. The third-order valence-corrected chi connectivity index (χ3v) is 16.4. The lowest BCUT2D eigenvalue weighted by atomic mass is 9.29. The van der Waals surface area contributed by atoms with E-state index < -0.39 is 48.1 Å². The van der Waals surface area contributed by atoms with Gasteiger partial charge in [-0.05, 0) is 121 Å². The molecule has 0 radical (unpaired) electrons. The first kappa shape index (κ1) is 34.0. The summed E-state index contributed by atoms with van der Waals surface area (Å²) in [7, 11) is 0. The second kappa shape index (κ2) is 10.5. The molecule has 1 saturated heterocycles. The lowest BCUT2D eigenvalue weighted by molar-refractivity contribution is -0.332. The summed E-state index contributed by atoms with van der Waals surface area (Å²) in [5.41, 5.74) is 0.564. The highest BCUT2D eigenvalue weighted by molar-refractivity contribution is 5.76. The molecule has 6 aliphatic carbocycles. The third kappa shape index (κ3) is 4.37. The van der Waals surface area contributed by atoms with Crippen molar-refractivity contribution in [1.29, 1.82) is 0 Å². The minimum atomic E-state index is -1.75. The number of aliphatic hydroxyl groups is 3. The zero-order chi connectivity index (χ0) is 34.3. The van der Waals surface area contributed by atoms with Crippen LogP contribution >= 0.6 is 0 Å². The first-order valence-electron chi connectivity index (χ1n) is 18.3. The van der Waals surface area contributed by atoms with Crippen LogP contribution in [-0.2, 0) is 19.1 Å². The summed E-state index contributed by atoms with van der Waals surface area (Å²) < 4.78 is 12.1. The number of hydrogen-bond donors (Lipinski definition) is 5. The van der Waals surface area contributed by atoms with E-state index in [1.165, 1.54) is 5.57 Å². The van der Waals surface area contributed by atoms with Gasteiger partial charge in [-0.3, -0.25) is 4.79 Å². The van der Waals surface area contributed by atoms with E-state index in [1.54, 1.807) is 0 Å². The molecular weight excluding hydrogens is 600 g/mol. The molecule has 9 nitrogen and oxygen atoms in total. The number of aliphatic hydroxyl groups excluding tert-OH is 3. The smallest absolute Gasteiger partial charge is 0.335 e. The molecule has 0 bridgehead atoms. The Morgan fingerprint density at radius 1 is 0.851 bits per heavy atom. The van der Waals surface area contributed by atoms with Crippen molar-refractivity contribution < 1.29 is 44.6 Å². The van der Waals surface area contributed by atoms with Crippen molar-refractivity contribution in [3.8, 4) is 0 Å². The molecule has 1 aliphatic heterocycles. The molecular formula is C38H58O9. The fourth-order valence-corrected chi connectivity index (χ4v) is 13.6. The van der Waals surface area contributed by atoms with Gasteiger partial charge in [0.15, 0.2) is 12.4 Å². The topological polar surface area (TPSA) is 154 Å². The fraction of sp³-hybridized carbons (Fsp3) is 0.895. The SMILES string of the molecule is CC1(C)CC[C@]2(C(=O)O)CC[C@]3(C)C(=C[C@H]4CC[C@@H]5C[C@H](O[C@@H]6O[C@H](C(=O)O)[C@@H](O)[C@H](O)[C@H]6O)C(C)(C)[C@@H]6CC[C@]3(C)[C@H]4[C@@]56C)[C@@H]2C1. The van der Waals surface area contributed by atoms with E-state index in [4.69, 9.17) is 9.47 Å². The van der Waals surface area contributed by atoms with Gasteiger partial charge in [-0.15, -0.1) is 0 Å². The first-order chi connectivity index (χ1) is 21.7. The molecule has 0 amide bonds. The van der Waals surface area contributed by atoms with Gasteiger partial charge >= 0.3 is 11.9 Å². The lowest BCUT2D eigenvalue weighted by Crippen LogP contribution is -2.70. The molecule has 6 fully saturated rings. The van der Waals surface area contributed by atoms with Crippen LogP contribution in [0.4, 0.5) is 0 Å². The van der Waals surface area contributed by atoms with Gasteiger partial charge in [0.1, 0.15) is 18.3 Å². The quantitative estimate of drug-likeness (QED) is 0.197. The number of carbonyl (C=O) groups is 2. The number of fused-ring (bicyclic) bond motifs is 4. The highest BCUT2D eigenvalue weighted by atomic mass is 16.7. The average molecular weight is 659 g/mol. The monoisotopic (exact) mass is 658 g/mol. The molecule has 0 aromatic rings. The zero-order valence-corrected chi connectivity index (χ0v) is 29.4. The Bertz CT molecular complexity index is 1360. The van der Waals surface area contributed by atoms with Crippen LogP contribution in [0, 0.1) is 62.1 Å². The predicted molar refractivity (Wildman–Crippen MR) is 173 cm³/mol. The Hall–Kier alpha value is -1.52. The summed E-state index contributed by atoms with van der Waals surface area (Å²) in [6.07, 6.45) is 3.43. The molecule has 15 atom stereocenters. The van der Waals surface area contributed by atoms with Gasteiger partial charge < -0.3 is 35.0 Å². The third-order valence-electron chi connectivity index (χ3n) is 16.4. The van der Waals surface area contributed by atoms with Crippen LogP contribution in [0.5, 0.6) is 0 Å². The van der Waals surface area contributed by atoms with Gasteiger partial charge in [-0.2, -0.15) is 0 Å². The molecule has 7 aliphatic rings. The lowest BCUT2D eigenvalue weighted by Gasteiger charge is -2.75. The van der Waals surface area contributed by atoms with Gasteiger partial charge in [-0.25, -0.2) is 4.79 Å². The predicted octanol–water partition coefficient (Wildman–Crippen LogP) is 5.40. The van der Waals surface area contributed by atoms with Crippen molar-refractivity contribution in [3.05, 3.63) is 11.6 Å². The van der Waals surface area contributed by atoms with Crippen LogP contribution in [0.3, 0.4) is 0 Å². The summed E-state index contributed by atoms with van der Waals surface area (Å²) in [5.74, 6) is -0.430. The second-order valence-electron chi connectivity index (χ2n) is 19.0. The molecule has 9 heteroatoms. The number of carboxylic acid groups (broad SMARTS) is 2. The molecule has 264 valence electrons. The van der Waals surface area contributed by atoms with Gasteiger partial charge in [0.25, 0.3) is 0 Å². The molecule has 47 heavy (non-hydrogen) atoms. The molecule has 1 heterocycles. The van der Waals surface area contributed by atoms with E-state index in [0.717, 1.165) is 64.2 Å². The van der Waals surface area contributed by atoms with Crippen molar-refractivity contribution >= 4 is 11.9 Å². The maximum Gasteiger partial charge on any atom is 0.335 e. The molecule has 0 aromatic carbocycles. The van der Waals surface area contributed by atoms with Crippen LogP contribution in [0.25, 0.3) is 0 Å². The van der Waals surface area contributed by atoms with Crippen LogP contribution in [0.1, 0.15) is 113 Å². The Balaban J connectivity index is 1.24. The van der Waals surface area contributed by atoms with Crippen LogP contribution in [-0.4, -0.2) is 74.3 Å². The Kier molecular flexibility index (Phi) is 7.59. The van der Waals surface area contributed by atoms with Crippen molar-refractivity contribution in [2.45, 2.75) is 149 Å². The van der Waals surface area contributed by atoms with E-state index in [1.807, 2.05) is 0 Å². The van der Waals surface area contributed by atoms with E-state index in [9.17, 15) is 35.1 Å². The van der Waals surface area contributed by atoms with E-state index in [0.29, 0.717) is 23.7 Å². The molecule has 0 spiro atoms. The van der Waals surface area contributed by atoms with Crippen LogP contribution in [0.2, 0.25) is 0 Å². The fourth-order valence-electron chi connectivity index (χ4n) is 13.6. The Labute approximate surface area is 279 Å². The van der Waals surface area contributed by atoms with Crippen molar-refractivity contribution in [2.75, 3.05) is 0 Å². The van der Waals surface area contributed by atoms with E-state index >= 15 is 0 Å². The summed E-state index contributed by atoms with van der Waals surface area (Å²) in [5, 5.41) is 51.9. The van der Waals surface area contributed by atoms with Crippen molar-refractivity contribution in [1.82, 2.24) is 0 Å². The van der Waals surface area contributed by atoms with Gasteiger partial charge in [0.2, 0.25) is 0 Å². The summed E-state index contributed by atoms with van der Waals surface area (Å²) in [6.45, 7) is 16.7. The van der Waals surface area contributed by atoms with Crippen molar-refractivity contribution in [3.63, 3.8) is 0 Å². The van der Waals surface area contributed by atoms with E-state index in [-0.39, 0.29) is 39.1 Å².